The van der Waals surface area contributed by atoms with Crippen molar-refractivity contribution in [3.05, 3.63) is 23.9 Å². The minimum absolute atomic E-state index is 0.105. The van der Waals surface area contributed by atoms with Gasteiger partial charge in [0.1, 0.15) is 5.56 Å². The molecule has 0 spiro atoms. The minimum Gasteiger partial charge on any atom is -0.477 e. The van der Waals surface area contributed by atoms with Crippen molar-refractivity contribution in [2.45, 2.75) is 38.2 Å². The van der Waals surface area contributed by atoms with Crippen LogP contribution in [-0.2, 0) is 0 Å². The fourth-order valence-corrected chi connectivity index (χ4v) is 3.75. The average molecular weight is 333 g/mol. The molecule has 0 aromatic carbocycles. The second-order valence-electron chi connectivity index (χ2n) is 6.83. The summed E-state index contributed by atoms with van der Waals surface area (Å²) < 4.78 is 5.48. The zero-order valence-corrected chi connectivity index (χ0v) is 14.4. The molecule has 0 radical (unpaired) electrons. The number of piperidine rings is 1. The number of pyridine rings is 1. The van der Waals surface area contributed by atoms with Gasteiger partial charge in [0.2, 0.25) is 5.88 Å². The van der Waals surface area contributed by atoms with E-state index < -0.39 is 5.60 Å². The summed E-state index contributed by atoms with van der Waals surface area (Å²) in [6, 6.07) is 3.49. The summed E-state index contributed by atoms with van der Waals surface area (Å²) in [6.45, 7) is 6.14. The van der Waals surface area contributed by atoms with Gasteiger partial charge in [-0.2, -0.15) is 0 Å². The van der Waals surface area contributed by atoms with Crippen LogP contribution in [0.1, 0.15) is 43.0 Å². The van der Waals surface area contributed by atoms with Crippen LogP contribution in [-0.4, -0.2) is 70.7 Å². The Bertz CT molecular complexity index is 574. The number of nitrogens with zero attached hydrogens (tertiary/aromatic N) is 3. The normalized spacial score (nSPS) is 25.0. The van der Waals surface area contributed by atoms with Crippen molar-refractivity contribution >= 4 is 5.91 Å². The highest BCUT2D eigenvalue weighted by atomic mass is 16.5. The minimum atomic E-state index is -0.813. The topological polar surface area (TPSA) is 65.9 Å². The molecule has 1 unspecified atom stereocenters. The molecule has 1 atom stereocenters. The largest absolute Gasteiger partial charge is 0.477 e. The summed E-state index contributed by atoms with van der Waals surface area (Å²) in [5, 5.41) is 11.0. The third-order valence-corrected chi connectivity index (χ3v) is 4.84. The first-order valence-corrected chi connectivity index (χ1v) is 8.93. The third kappa shape index (κ3) is 3.87. The lowest BCUT2D eigenvalue weighted by Crippen LogP contribution is -2.55. The summed E-state index contributed by atoms with van der Waals surface area (Å²) >= 11 is 0. The molecular weight excluding hydrogens is 306 g/mol. The molecule has 2 saturated heterocycles. The van der Waals surface area contributed by atoms with E-state index in [4.69, 9.17) is 4.74 Å². The first-order chi connectivity index (χ1) is 11.6. The summed E-state index contributed by atoms with van der Waals surface area (Å²) in [6.07, 6.45) is 5.60. The lowest BCUT2D eigenvalue weighted by molar-refractivity contribution is -0.0431. The van der Waals surface area contributed by atoms with Crippen LogP contribution in [0.4, 0.5) is 0 Å². The van der Waals surface area contributed by atoms with Gasteiger partial charge in [0.05, 0.1) is 18.8 Å². The third-order valence-electron chi connectivity index (χ3n) is 4.84. The van der Waals surface area contributed by atoms with Crippen molar-refractivity contribution < 1.29 is 14.6 Å². The van der Waals surface area contributed by atoms with E-state index in [1.165, 1.54) is 12.8 Å². The summed E-state index contributed by atoms with van der Waals surface area (Å²) in [5.74, 6) is 0.268. The van der Waals surface area contributed by atoms with E-state index >= 15 is 0 Å². The molecule has 1 aromatic rings. The Morgan fingerprint density at radius 1 is 1.33 bits per heavy atom. The second kappa shape index (κ2) is 7.49. The molecule has 132 valence electrons. The molecular formula is C18H27N3O3. The number of carbonyl (C=O) groups excluding carboxylic acids is 1. The van der Waals surface area contributed by atoms with E-state index in [1.807, 2.05) is 6.92 Å². The number of β-amino-alcohol motifs (C(OH)–C–C–N with tert-alkyl or cyclic N) is 1. The molecule has 2 aliphatic heterocycles. The van der Waals surface area contributed by atoms with Gasteiger partial charge in [0.25, 0.3) is 5.91 Å². The maximum atomic E-state index is 12.9. The SMILES string of the molecule is CCOc1ncccc1C(=O)N1CCCC(O)(CN2CCCC2)C1. The number of amides is 1. The standard InChI is InChI=1S/C18H27N3O3/c1-2-24-16-15(7-5-9-19-16)17(22)21-12-6-8-18(23,14-21)13-20-10-3-4-11-20/h5,7,9,23H,2-4,6,8,10-14H2,1H3. The van der Waals surface area contributed by atoms with Gasteiger partial charge in [0.15, 0.2) is 0 Å². The number of aromatic nitrogens is 1. The quantitative estimate of drug-likeness (QED) is 0.885. The molecule has 6 nitrogen and oxygen atoms in total. The van der Waals surface area contributed by atoms with Gasteiger partial charge in [-0.15, -0.1) is 0 Å². The Labute approximate surface area is 143 Å². The Balaban J connectivity index is 1.70. The number of ether oxygens (including phenoxy) is 1. The van der Waals surface area contributed by atoms with Crippen molar-refractivity contribution in [1.29, 1.82) is 0 Å². The van der Waals surface area contributed by atoms with Gasteiger partial charge in [0, 0.05) is 19.3 Å². The fourth-order valence-electron chi connectivity index (χ4n) is 3.75. The zero-order chi connectivity index (χ0) is 17.0. The van der Waals surface area contributed by atoms with Gasteiger partial charge in [-0.3, -0.25) is 4.79 Å². The molecule has 0 saturated carbocycles. The van der Waals surface area contributed by atoms with Crippen LogP contribution in [0.15, 0.2) is 18.3 Å². The molecule has 24 heavy (non-hydrogen) atoms. The highest BCUT2D eigenvalue weighted by Gasteiger charge is 2.38. The van der Waals surface area contributed by atoms with Crippen LogP contribution in [0, 0.1) is 0 Å². The number of aliphatic hydroxyl groups is 1. The number of rotatable bonds is 5. The molecule has 6 heteroatoms. The lowest BCUT2D eigenvalue weighted by atomic mass is 9.91. The van der Waals surface area contributed by atoms with Crippen LogP contribution in [0.25, 0.3) is 0 Å². The predicted octanol–water partition coefficient (Wildman–Crippen LogP) is 1.54. The molecule has 0 bridgehead atoms. The first kappa shape index (κ1) is 17.2. The lowest BCUT2D eigenvalue weighted by Gasteiger charge is -2.41. The van der Waals surface area contributed by atoms with Crippen molar-refractivity contribution in [2.24, 2.45) is 0 Å². The van der Waals surface area contributed by atoms with E-state index in [-0.39, 0.29) is 5.91 Å². The zero-order valence-electron chi connectivity index (χ0n) is 14.4. The summed E-state index contributed by atoms with van der Waals surface area (Å²) in [5.41, 5.74) is -0.337. The van der Waals surface area contributed by atoms with Gasteiger partial charge < -0.3 is 19.6 Å². The maximum absolute atomic E-state index is 12.9. The smallest absolute Gasteiger partial charge is 0.259 e. The van der Waals surface area contributed by atoms with Gasteiger partial charge in [-0.25, -0.2) is 4.98 Å². The molecule has 2 aliphatic rings. The molecule has 3 heterocycles. The van der Waals surface area contributed by atoms with Gasteiger partial charge >= 0.3 is 0 Å². The predicted molar refractivity (Wildman–Crippen MR) is 91.2 cm³/mol. The van der Waals surface area contributed by atoms with E-state index in [0.717, 1.165) is 25.9 Å². The molecule has 2 fully saturated rings. The Morgan fingerprint density at radius 2 is 2.12 bits per heavy atom. The number of hydrogen-bond acceptors (Lipinski definition) is 5. The van der Waals surface area contributed by atoms with Crippen molar-refractivity contribution in [3.63, 3.8) is 0 Å². The van der Waals surface area contributed by atoms with Crippen molar-refractivity contribution in [3.8, 4) is 5.88 Å². The summed E-state index contributed by atoms with van der Waals surface area (Å²) in [7, 11) is 0. The average Bonchev–Trinajstić information content (AvgIpc) is 3.07. The molecule has 1 N–H and O–H groups in total. The van der Waals surface area contributed by atoms with E-state index in [1.54, 1.807) is 23.2 Å². The Hall–Kier alpha value is -1.66. The second-order valence-corrected chi connectivity index (χ2v) is 6.83. The molecule has 0 aliphatic carbocycles. The first-order valence-electron chi connectivity index (χ1n) is 8.93. The fraction of sp³-hybridized carbons (Fsp3) is 0.667. The van der Waals surface area contributed by atoms with Crippen molar-refractivity contribution in [2.75, 3.05) is 39.3 Å². The number of carbonyl (C=O) groups is 1. The highest BCUT2D eigenvalue weighted by molar-refractivity contribution is 5.96. The molecule has 1 aromatic heterocycles. The van der Waals surface area contributed by atoms with Crippen molar-refractivity contribution in [1.82, 2.24) is 14.8 Å². The Morgan fingerprint density at radius 3 is 2.88 bits per heavy atom. The molecule has 1 amide bonds. The Kier molecular flexibility index (Phi) is 5.36. The maximum Gasteiger partial charge on any atom is 0.259 e. The number of likely N-dealkylation sites (tertiary alicyclic amines) is 2. The van der Waals surface area contributed by atoms with Crippen LogP contribution in [0.3, 0.4) is 0 Å². The molecule has 3 rings (SSSR count). The van der Waals surface area contributed by atoms with Crippen LogP contribution >= 0.6 is 0 Å². The number of hydrogen-bond donors (Lipinski definition) is 1. The summed E-state index contributed by atoms with van der Waals surface area (Å²) in [4.78, 5) is 21.1. The van der Waals surface area contributed by atoms with Crippen LogP contribution < -0.4 is 4.74 Å². The van der Waals surface area contributed by atoms with E-state index in [9.17, 15) is 9.90 Å². The van der Waals surface area contributed by atoms with Crippen LogP contribution in [0.2, 0.25) is 0 Å². The van der Waals surface area contributed by atoms with Gasteiger partial charge in [-0.1, -0.05) is 0 Å². The van der Waals surface area contributed by atoms with Gasteiger partial charge in [-0.05, 0) is 57.8 Å². The monoisotopic (exact) mass is 333 g/mol. The van der Waals surface area contributed by atoms with E-state index in [0.29, 0.717) is 37.7 Å². The highest BCUT2D eigenvalue weighted by Crippen LogP contribution is 2.26. The van der Waals surface area contributed by atoms with Crippen LogP contribution in [0.5, 0.6) is 5.88 Å². The van der Waals surface area contributed by atoms with E-state index in [2.05, 4.69) is 9.88 Å².